The van der Waals surface area contributed by atoms with Gasteiger partial charge in [0.25, 0.3) is 0 Å². The number of hydrogen-bond donors (Lipinski definition) is 26. The second kappa shape index (κ2) is 64.5. The van der Waals surface area contributed by atoms with Gasteiger partial charge >= 0.3 is 0 Å². The first-order valence-electron chi connectivity index (χ1n) is 51.5. The average Bonchev–Trinajstić information content (AvgIpc) is 0.754. The number of unbranched alkanes of at least 4 members (excludes halogenated alkanes) is 28. The Morgan fingerprint density at radius 2 is 0.592 bits per heavy atom. The lowest BCUT2D eigenvalue weighted by molar-refractivity contribution is -0.396. The molecule has 46 heteroatoms. The maximum absolute atomic E-state index is 13.7. The summed E-state index contributed by atoms with van der Waals surface area (Å²) in [4.78, 5) is 52.8. The summed E-state index contributed by atoms with van der Waals surface area (Å²) in [5.41, 5.74) is 0. The molecule has 0 saturated carbocycles. The molecule has 4 amide bonds. The molecule has 8 saturated heterocycles. The van der Waals surface area contributed by atoms with Gasteiger partial charge in [0, 0.05) is 27.2 Å². The Labute approximate surface area is 830 Å². The van der Waals surface area contributed by atoms with Crippen molar-refractivity contribution in [3.63, 3.8) is 0 Å². The van der Waals surface area contributed by atoms with Gasteiger partial charge in [0.1, 0.15) is 189 Å². The van der Waals surface area contributed by atoms with Crippen molar-refractivity contribution < 1.29 is 207 Å². The minimum Gasteiger partial charge on any atom is -0.394 e. The highest BCUT2D eigenvalue weighted by atomic mass is 16.8. The fourth-order valence-electron chi connectivity index (χ4n) is 19.2. The van der Waals surface area contributed by atoms with Gasteiger partial charge in [0.2, 0.25) is 23.6 Å². The van der Waals surface area contributed by atoms with Crippen molar-refractivity contribution >= 4 is 23.6 Å². The first-order chi connectivity index (χ1) is 68.1. The summed E-state index contributed by atoms with van der Waals surface area (Å²) < 4.78 is 96.8. The van der Waals surface area contributed by atoms with Crippen molar-refractivity contribution in [2.75, 3.05) is 52.9 Å². The van der Waals surface area contributed by atoms with E-state index in [0.29, 0.717) is 12.8 Å². The van der Waals surface area contributed by atoms with Crippen molar-refractivity contribution in [2.24, 2.45) is 0 Å². The molecule has 0 bridgehead atoms. The Morgan fingerprint density at radius 1 is 0.289 bits per heavy atom. The van der Waals surface area contributed by atoms with Crippen LogP contribution in [-0.2, 0) is 95.0 Å². The van der Waals surface area contributed by atoms with Crippen LogP contribution in [0.5, 0.6) is 0 Å². The Balaban J connectivity index is 0.929. The number of aliphatic hydroxyl groups is 22. The first-order valence-corrected chi connectivity index (χ1v) is 51.5. The van der Waals surface area contributed by atoms with Crippen molar-refractivity contribution in [3.05, 3.63) is 24.3 Å². The SMILES string of the molecule is CCCCCCCC/C=C\CCCCCCCCCCCCCC(=O)N[C@@H](CO[C@@H]1OC(CO)[C@@H](O[C@@H]2OC(CO)[C@H](O)[C@H](O[C@@H]3OC(CO)[C@@H](O[C@@H]4OC(CO)[C@H](O)[C@H](O[C@@H]5OC(CO)[C@@H](O[C@@H]6OC(CO)[C@H](O)[C@H](O[C@@H]7OC(CO)[C@@H](O)[C@H](O)C7NC(C)=O)C6O)[C@H](O[C@H]6OC(C)[C@@H](O)C(O)[C@@H]6O)C5NC(C)=O)C4O)[C@H](O)C3NC(C)=O)C2O)[C@H](O)C1O)[C@H](O)/C=C/CCCCCCCCCCCCC. The predicted octanol–water partition coefficient (Wildman–Crippen LogP) is -3.49. The summed E-state index contributed by atoms with van der Waals surface area (Å²) in [6, 6.07) is -6.72. The Morgan fingerprint density at radius 3 is 1.00 bits per heavy atom. The molecule has 16 unspecified atom stereocenters. The van der Waals surface area contributed by atoms with Gasteiger partial charge < -0.3 is 209 Å². The molecule has 46 nitrogen and oxygen atoms in total. The van der Waals surface area contributed by atoms with Gasteiger partial charge in [-0.1, -0.05) is 192 Å². The van der Waals surface area contributed by atoms with Gasteiger partial charge in [-0.05, 0) is 51.9 Å². The molecule has 0 aromatic rings. The van der Waals surface area contributed by atoms with E-state index in [1.54, 1.807) is 6.08 Å². The Kier molecular flexibility index (Phi) is 55.9. The van der Waals surface area contributed by atoms with Crippen LogP contribution in [0.25, 0.3) is 0 Å². The third-order valence-corrected chi connectivity index (χ3v) is 27.5. The highest BCUT2D eigenvalue weighted by Crippen LogP contribution is 2.41. The van der Waals surface area contributed by atoms with E-state index in [1.807, 2.05) is 6.08 Å². The van der Waals surface area contributed by atoms with Crippen LogP contribution in [-0.4, -0.2) is 446 Å². The third-order valence-electron chi connectivity index (χ3n) is 27.5. The molecular weight excluding hydrogens is 1880 g/mol. The van der Waals surface area contributed by atoms with Crippen molar-refractivity contribution in [1.82, 2.24) is 21.3 Å². The minimum absolute atomic E-state index is 0.147. The molecule has 42 atom stereocenters. The second-order valence-corrected chi connectivity index (χ2v) is 38.7. The van der Waals surface area contributed by atoms with Gasteiger partial charge in [-0.3, -0.25) is 19.2 Å². The molecule has 0 spiro atoms. The summed E-state index contributed by atoms with van der Waals surface area (Å²) in [7, 11) is 0. The number of nitrogens with one attached hydrogen (secondary N) is 4. The van der Waals surface area contributed by atoms with Crippen LogP contribution < -0.4 is 21.3 Å². The van der Waals surface area contributed by atoms with E-state index in [1.165, 1.54) is 129 Å². The summed E-state index contributed by atoms with van der Waals surface area (Å²) >= 11 is 0. The lowest BCUT2D eigenvalue weighted by atomic mass is 9.93. The van der Waals surface area contributed by atoms with E-state index in [2.05, 4.69) is 47.3 Å². The van der Waals surface area contributed by atoms with E-state index >= 15 is 0 Å². The topological polar surface area (TPSA) is 709 Å². The van der Waals surface area contributed by atoms with Gasteiger partial charge in [0.05, 0.1) is 71.1 Å². The zero-order valence-corrected chi connectivity index (χ0v) is 82.8. The molecule has 0 aromatic heterocycles. The van der Waals surface area contributed by atoms with Crippen LogP contribution in [0, 0.1) is 0 Å². The summed E-state index contributed by atoms with van der Waals surface area (Å²) in [5, 5.41) is 261. The van der Waals surface area contributed by atoms with Gasteiger partial charge in [-0.15, -0.1) is 0 Å². The summed E-state index contributed by atoms with van der Waals surface area (Å²) in [5.74, 6) is -3.07. The average molecular weight is 2050 g/mol. The van der Waals surface area contributed by atoms with E-state index in [4.69, 9.17) is 75.8 Å². The normalized spacial score (nSPS) is 38.4. The highest BCUT2D eigenvalue weighted by molar-refractivity contribution is 5.76. The summed E-state index contributed by atoms with van der Waals surface area (Å²) in [6.45, 7) is 0.584. The number of rotatable bonds is 63. The molecule has 0 aliphatic carbocycles. The maximum Gasteiger partial charge on any atom is 0.220 e. The Bertz CT molecular complexity index is 3550. The van der Waals surface area contributed by atoms with E-state index < -0.39 is 328 Å². The van der Waals surface area contributed by atoms with Crippen molar-refractivity contribution in [3.8, 4) is 0 Å². The zero-order valence-electron chi connectivity index (χ0n) is 82.8. The van der Waals surface area contributed by atoms with Gasteiger partial charge in [-0.25, -0.2) is 0 Å². The number of allylic oxidation sites excluding steroid dienone is 3. The van der Waals surface area contributed by atoms with Gasteiger partial charge in [-0.2, -0.15) is 0 Å². The standard InChI is InChI=1S/C96H170N4O42/c1-7-9-11-13-15-17-19-21-22-23-24-25-26-27-28-30-32-34-36-38-40-42-64(112)100-55(56(111)41-39-37-35-33-31-29-20-18-16-14-12-10-8-2)50-127-92-78(123)76(121)83(62(48-106)135-92)137-95-79(124)86(70(115)58(44-102)131-95)141-90-66(98-53(5)109)74(119)82(61(47-105)133-90)136-94-80(125)88(72(117)59(45-103)130-94)142-91-67(99-54(6)110)85(139-93-77(122)75(120)68(113)51(3)128-93)84(63(49-107)134-91)138-96-81(126)87(71(116)60(46-104)132-96)140-89-65(97-52(4)108)73(118)69(114)57(43-101)129-89/h21-22,39,41,51,55-63,65-96,101-107,111,113-126H,7-20,23-38,40,42-50H2,1-6H3,(H,97,108)(H,98,109)(H,99,110)(H,100,112)/b22-21-,41-39+/t51?,55-,56+,57?,58?,59?,60?,61?,62?,63?,65?,66?,67?,68+,69+,70-,71-,72-,73+,74+,75?,76+,77-,78?,79?,80?,81?,82+,83+,84+,85+,86-,87-,88-,89-,90-,91-,92+,93+,94-,95-,96-/m0/s1. The molecule has 8 heterocycles. The molecule has 142 heavy (non-hydrogen) atoms. The van der Waals surface area contributed by atoms with Crippen LogP contribution in [0.4, 0.5) is 0 Å². The zero-order chi connectivity index (χ0) is 104. The largest absolute Gasteiger partial charge is 0.394 e. The molecule has 8 aliphatic rings. The predicted molar refractivity (Wildman–Crippen MR) is 497 cm³/mol. The van der Waals surface area contributed by atoms with Crippen LogP contribution in [0.1, 0.15) is 247 Å². The first kappa shape index (κ1) is 123. The van der Waals surface area contributed by atoms with Gasteiger partial charge in [0.15, 0.2) is 50.3 Å². The molecule has 0 aromatic carbocycles. The lowest BCUT2D eigenvalue weighted by Crippen LogP contribution is -2.72. The molecule has 8 aliphatic heterocycles. The molecule has 26 N–H and O–H groups in total. The smallest absolute Gasteiger partial charge is 0.220 e. The number of aliphatic hydroxyl groups excluding tert-OH is 22. The highest BCUT2D eigenvalue weighted by Gasteiger charge is 2.61. The van der Waals surface area contributed by atoms with Crippen molar-refractivity contribution in [1.29, 1.82) is 0 Å². The second-order valence-electron chi connectivity index (χ2n) is 38.7. The van der Waals surface area contributed by atoms with Crippen LogP contribution in [0.15, 0.2) is 24.3 Å². The van der Waals surface area contributed by atoms with E-state index in [-0.39, 0.29) is 12.3 Å². The summed E-state index contributed by atoms with van der Waals surface area (Å²) in [6.07, 6.45) is -32.3. The molecule has 0 radical (unpaired) electrons. The number of carbonyl (C=O) groups is 4. The Hall–Kier alpha value is -4.16. The van der Waals surface area contributed by atoms with E-state index in [9.17, 15) is 132 Å². The number of carbonyl (C=O) groups excluding carboxylic acids is 4. The van der Waals surface area contributed by atoms with Crippen LogP contribution in [0.3, 0.4) is 0 Å². The molecule has 8 fully saturated rings. The van der Waals surface area contributed by atoms with Crippen molar-refractivity contribution in [2.45, 2.75) is 505 Å². The lowest BCUT2D eigenvalue weighted by Gasteiger charge is -2.52. The molecule has 8 rings (SSSR count). The molecular formula is C96H170N4O42. The quantitative estimate of drug-likeness (QED) is 0.0208. The fraction of sp³-hybridized carbons (Fsp3) is 0.917. The molecule has 826 valence electrons. The number of amides is 4. The van der Waals surface area contributed by atoms with Crippen LogP contribution >= 0.6 is 0 Å². The minimum atomic E-state index is -2.41. The fourth-order valence-corrected chi connectivity index (χ4v) is 19.2. The maximum atomic E-state index is 13.7. The van der Waals surface area contributed by atoms with E-state index in [0.717, 1.165) is 85.0 Å². The van der Waals surface area contributed by atoms with Crippen LogP contribution in [0.2, 0.25) is 0 Å². The number of hydrogen-bond acceptors (Lipinski definition) is 42. The monoisotopic (exact) mass is 2050 g/mol. The third kappa shape index (κ3) is 36.3. The number of ether oxygens (including phenoxy) is 16.